The first kappa shape index (κ1) is 13.1. The lowest BCUT2D eigenvalue weighted by Crippen LogP contribution is -2.43. The molecule has 2 saturated heterocycles. The van der Waals surface area contributed by atoms with Crippen molar-refractivity contribution in [3.05, 3.63) is 20.8 Å². The molecule has 2 aliphatic rings. The summed E-state index contributed by atoms with van der Waals surface area (Å²) < 4.78 is 1.05. The van der Waals surface area contributed by atoms with Crippen LogP contribution in [0.25, 0.3) is 0 Å². The molecule has 1 unspecified atom stereocenters. The van der Waals surface area contributed by atoms with Gasteiger partial charge in [-0.3, -0.25) is 9.59 Å². The van der Waals surface area contributed by atoms with E-state index in [9.17, 15) is 9.59 Å². The van der Waals surface area contributed by atoms with Gasteiger partial charge in [0.15, 0.2) is 0 Å². The predicted molar refractivity (Wildman–Crippen MR) is 76.8 cm³/mol. The zero-order valence-corrected chi connectivity index (χ0v) is 12.9. The molecule has 2 aliphatic heterocycles. The summed E-state index contributed by atoms with van der Waals surface area (Å²) in [7, 11) is 0. The van der Waals surface area contributed by atoms with Gasteiger partial charge in [0.25, 0.3) is 0 Å². The van der Waals surface area contributed by atoms with E-state index in [2.05, 4.69) is 15.9 Å². The number of thiophene rings is 1. The van der Waals surface area contributed by atoms with E-state index in [-0.39, 0.29) is 17.9 Å². The Morgan fingerprint density at radius 1 is 1.37 bits per heavy atom. The van der Waals surface area contributed by atoms with Crippen LogP contribution in [0.4, 0.5) is 0 Å². The molecule has 1 aromatic heterocycles. The minimum Gasteiger partial charge on any atom is -0.335 e. The van der Waals surface area contributed by atoms with Crippen molar-refractivity contribution in [3.8, 4) is 0 Å². The van der Waals surface area contributed by atoms with Crippen LogP contribution in [-0.2, 0) is 16.1 Å². The van der Waals surface area contributed by atoms with Gasteiger partial charge in [-0.1, -0.05) is 0 Å². The van der Waals surface area contributed by atoms with Crippen LogP contribution in [0.2, 0.25) is 0 Å². The number of carbonyl (C=O) groups is 2. The number of nitrogens with zero attached hydrogens (tertiary/aromatic N) is 2. The number of hydrogen-bond donors (Lipinski definition) is 0. The summed E-state index contributed by atoms with van der Waals surface area (Å²) >= 11 is 5.07. The molecule has 0 radical (unpaired) electrons. The average Bonchev–Trinajstić information content (AvgIpc) is 2.99. The van der Waals surface area contributed by atoms with Crippen molar-refractivity contribution in [2.24, 2.45) is 0 Å². The molecule has 3 heterocycles. The normalized spacial score (nSPS) is 23.7. The Labute approximate surface area is 124 Å². The van der Waals surface area contributed by atoms with Crippen LogP contribution in [-0.4, -0.2) is 40.7 Å². The molecule has 0 spiro atoms. The van der Waals surface area contributed by atoms with Gasteiger partial charge in [0.1, 0.15) is 6.04 Å². The van der Waals surface area contributed by atoms with Crippen LogP contribution in [0.5, 0.6) is 0 Å². The Bertz CT molecular complexity index is 516. The maximum atomic E-state index is 12.5. The highest BCUT2D eigenvalue weighted by Gasteiger charge is 2.39. The molecular weight excluding hydrogens is 328 g/mol. The van der Waals surface area contributed by atoms with Gasteiger partial charge in [-0.15, -0.1) is 11.3 Å². The molecule has 0 aliphatic carbocycles. The molecule has 0 bridgehead atoms. The van der Waals surface area contributed by atoms with Gasteiger partial charge in [-0.2, -0.15) is 0 Å². The number of rotatable bonds is 2. The van der Waals surface area contributed by atoms with Crippen LogP contribution < -0.4 is 0 Å². The molecule has 1 atom stereocenters. The summed E-state index contributed by atoms with van der Waals surface area (Å²) in [6.45, 7) is 1.90. The summed E-state index contributed by atoms with van der Waals surface area (Å²) in [4.78, 5) is 29.3. The van der Waals surface area contributed by atoms with Crippen molar-refractivity contribution in [1.82, 2.24) is 9.80 Å². The highest BCUT2D eigenvalue weighted by Crippen LogP contribution is 2.26. The first-order valence-corrected chi connectivity index (χ1v) is 8.13. The smallest absolute Gasteiger partial charge is 0.245 e. The van der Waals surface area contributed by atoms with E-state index >= 15 is 0 Å². The van der Waals surface area contributed by atoms with E-state index in [4.69, 9.17) is 0 Å². The van der Waals surface area contributed by atoms with Crippen LogP contribution >= 0.6 is 27.3 Å². The van der Waals surface area contributed by atoms with Crippen LogP contribution in [0.1, 0.15) is 24.1 Å². The molecule has 1 aromatic rings. The van der Waals surface area contributed by atoms with Gasteiger partial charge in [0.2, 0.25) is 11.8 Å². The highest BCUT2D eigenvalue weighted by atomic mass is 79.9. The number of amides is 2. The van der Waals surface area contributed by atoms with E-state index in [0.29, 0.717) is 19.5 Å². The van der Waals surface area contributed by atoms with Crippen molar-refractivity contribution in [2.75, 3.05) is 13.1 Å². The summed E-state index contributed by atoms with van der Waals surface area (Å²) in [5.41, 5.74) is 0. The zero-order chi connectivity index (χ0) is 13.4. The third kappa shape index (κ3) is 2.56. The Kier molecular flexibility index (Phi) is 3.62. The van der Waals surface area contributed by atoms with Gasteiger partial charge in [-0.05, 0) is 34.8 Å². The average molecular weight is 343 g/mol. The second-order valence-corrected chi connectivity index (χ2v) is 6.90. The van der Waals surface area contributed by atoms with Crippen LogP contribution in [0.15, 0.2) is 15.9 Å². The zero-order valence-electron chi connectivity index (χ0n) is 10.5. The Balaban J connectivity index is 1.78. The Hall–Kier alpha value is -0.880. The molecule has 2 amide bonds. The van der Waals surface area contributed by atoms with Gasteiger partial charge in [0, 0.05) is 34.2 Å². The van der Waals surface area contributed by atoms with Crippen molar-refractivity contribution >= 4 is 39.1 Å². The lowest BCUT2D eigenvalue weighted by Gasteiger charge is -2.24. The quantitative estimate of drug-likeness (QED) is 0.826. The monoisotopic (exact) mass is 342 g/mol. The lowest BCUT2D eigenvalue weighted by molar-refractivity contribution is -0.139. The first-order chi connectivity index (χ1) is 9.15. The first-order valence-electron chi connectivity index (χ1n) is 6.46. The van der Waals surface area contributed by atoms with Gasteiger partial charge < -0.3 is 9.80 Å². The van der Waals surface area contributed by atoms with Crippen molar-refractivity contribution in [1.29, 1.82) is 0 Å². The van der Waals surface area contributed by atoms with Gasteiger partial charge in [-0.25, -0.2) is 0 Å². The third-order valence-electron chi connectivity index (χ3n) is 3.73. The largest absolute Gasteiger partial charge is 0.335 e. The highest BCUT2D eigenvalue weighted by molar-refractivity contribution is 9.10. The summed E-state index contributed by atoms with van der Waals surface area (Å²) in [5.74, 6) is 0.249. The van der Waals surface area contributed by atoms with Crippen molar-refractivity contribution in [3.63, 3.8) is 0 Å². The SMILES string of the molecule is O=C1C2CCCN2C(=O)CCN1Cc1cc(Br)cs1. The fourth-order valence-corrected chi connectivity index (χ4v) is 4.26. The predicted octanol–water partition coefficient (Wildman–Crippen LogP) is 2.23. The molecule has 102 valence electrons. The van der Waals surface area contributed by atoms with E-state index in [1.54, 1.807) is 16.2 Å². The molecule has 6 heteroatoms. The maximum absolute atomic E-state index is 12.5. The lowest BCUT2D eigenvalue weighted by atomic mass is 10.2. The Morgan fingerprint density at radius 2 is 2.21 bits per heavy atom. The van der Waals surface area contributed by atoms with Crippen molar-refractivity contribution < 1.29 is 9.59 Å². The Morgan fingerprint density at radius 3 is 2.95 bits per heavy atom. The minimum absolute atomic E-state index is 0.118. The molecule has 2 fully saturated rings. The van der Waals surface area contributed by atoms with E-state index in [1.807, 2.05) is 16.3 Å². The van der Waals surface area contributed by atoms with E-state index in [0.717, 1.165) is 28.7 Å². The third-order valence-corrected chi connectivity index (χ3v) is 5.42. The van der Waals surface area contributed by atoms with Gasteiger partial charge in [0.05, 0.1) is 6.54 Å². The summed E-state index contributed by atoms with van der Waals surface area (Å²) in [6, 6.07) is 1.83. The van der Waals surface area contributed by atoms with Crippen LogP contribution in [0, 0.1) is 0 Å². The second kappa shape index (κ2) is 5.25. The second-order valence-electron chi connectivity index (χ2n) is 4.99. The van der Waals surface area contributed by atoms with E-state index in [1.165, 1.54) is 0 Å². The van der Waals surface area contributed by atoms with Gasteiger partial charge >= 0.3 is 0 Å². The van der Waals surface area contributed by atoms with E-state index < -0.39 is 0 Å². The topological polar surface area (TPSA) is 40.6 Å². The molecule has 4 nitrogen and oxygen atoms in total. The molecule has 0 N–H and O–H groups in total. The standard InChI is InChI=1S/C13H15BrN2O2S/c14-9-6-10(19-8-9)7-15-5-3-12(17)16-4-1-2-11(16)13(15)18/h6,8,11H,1-5,7H2. The number of halogens is 1. The minimum atomic E-state index is -0.210. The maximum Gasteiger partial charge on any atom is 0.245 e. The van der Waals surface area contributed by atoms with Crippen molar-refractivity contribution in [2.45, 2.75) is 31.8 Å². The molecule has 3 rings (SSSR count). The number of hydrogen-bond acceptors (Lipinski definition) is 3. The molecule has 0 saturated carbocycles. The molecular formula is C13H15BrN2O2S. The summed E-state index contributed by atoms with van der Waals surface area (Å²) in [6.07, 6.45) is 2.21. The molecule has 0 aromatic carbocycles. The fraction of sp³-hybridized carbons (Fsp3) is 0.538. The number of fused-ring (bicyclic) bond motifs is 1. The summed E-state index contributed by atoms with van der Waals surface area (Å²) in [5, 5.41) is 2.02. The fourth-order valence-electron chi connectivity index (χ4n) is 2.80. The molecule has 19 heavy (non-hydrogen) atoms. The van der Waals surface area contributed by atoms with Crippen LogP contribution in [0.3, 0.4) is 0 Å². The number of carbonyl (C=O) groups excluding carboxylic acids is 2.